The first kappa shape index (κ1) is 24.5. The number of nitrogens with one attached hydrogen (secondary N) is 1. The summed E-state index contributed by atoms with van der Waals surface area (Å²) in [6, 6.07) is 2.87. The van der Waals surface area contributed by atoms with Crippen molar-refractivity contribution in [1.29, 1.82) is 0 Å². The van der Waals surface area contributed by atoms with Gasteiger partial charge < -0.3 is 19.9 Å². The van der Waals surface area contributed by atoms with Crippen LogP contribution in [0.1, 0.15) is 44.5 Å². The van der Waals surface area contributed by atoms with Crippen molar-refractivity contribution >= 4 is 11.8 Å². The zero-order valence-electron chi connectivity index (χ0n) is 19.2. The Morgan fingerprint density at radius 3 is 2.27 bits per heavy atom. The van der Waals surface area contributed by atoms with E-state index >= 15 is 0 Å². The van der Waals surface area contributed by atoms with E-state index in [1.807, 2.05) is 0 Å². The van der Waals surface area contributed by atoms with E-state index in [1.165, 1.54) is 9.47 Å². The molecule has 3 aromatic rings. The van der Waals surface area contributed by atoms with Gasteiger partial charge in [0.05, 0.1) is 5.54 Å². The Morgan fingerprint density at radius 1 is 1.00 bits per heavy atom. The highest BCUT2D eigenvalue weighted by molar-refractivity contribution is 5.99. The van der Waals surface area contributed by atoms with Crippen LogP contribution in [0.2, 0.25) is 0 Å². The molecule has 37 heavy (non-hydrogen) atoms. The molecule has 2 aliphatic rings. The highest BCUT2D eigenvalue weighted by Gasteiger charge is 2.44. The molecule has 0 saturated heterocycles. The highest BCUT2D eigenvalue weighted by atomic mass is 19.2. The summed E-state index contributed by atoms with van der Waals surface area (Å²) in [5, 5.41) is 12.8. The second kappa shape index (κ2) is 8.43. The number of halogens is 5. The molecule has 2 aliphatic heterocycles. The Hall–Kier alpha value is -4.22. The maximum Gasteiger partial charge on any atom is 0.274 e. The molecule has 3 heterocycles. The molecule has 0 aliphatic carbocycles. The molecule has 1 atom stereocenters. The van der Waals surface area contributed by atoms with Crippen molar-refractivity contribution in [3.63, 3.8) is 0 Å². The van der Waals surface area contributed by atoms with Gasteiger partial charge in [-0.05, 0) is 36.6 Å². The number of carbonyl (C=O) groups is 2. The molecule has 0 spiro atoms. The summed E-state index contributed by atoms with van der Waals surface area (Å²) in [5.41, 5.74) is -3.21. The second-order valence-electron chi connectivity index (χ2n) is 9.34. The maximum absolute atomic E-state index is 14.0. The summed E-state index contributed by atoms with van der Waals surface area (Å²) in [7, 11) is 0. The molecule has 0 saturated carbocycles. The normalized spacial score (nSPS) is 18.2. The van der Waals surface area contributed by atoms with Gasteiger partial charge in [-0.15, -0.1) is 0 Å². The number of pyridine rings is 1. The molecule has 5 rings (SSSR count). The monoisotopic (exact) mass is 519 g/mol. The van der Waals surface area contributed by atoms with Crippen LogP contribution in [0.25, 0.3) is 0 Å². The van der Waals surface area contributed by atoms with Crippen molar-refractivity contribution in [3.8, 4) is 5.75 Å². The quantitative estimate of drug-likeness (QED) is 0.521. The van der Waals surface area contributed by atoms with Crippen LogP contribution in [0, 0.1) is 29.1 Å². The predicted molar refractivity (Wildman–Crippen MR) is 118 cm³/mol. The topological polar surface area (TPSA) is 91.6 Å². The van der Waals surface area contributed by atoms with Gasteiger partial charge in [-0.3, -0.25) is 14.4 Å². The molecule has 2 amide bonds. The van der Waals surface area contributed by atoms with E-state index in [4.69, 9.17) is 0 Å². The molecule has 0 radical (unpaired) electrons. The second-order valence-corrected chi connectivity index (χ2v) is 9.34. The Bertz CT molecular complexity index is 1550. The van der Waals surface area contributed by atoms with E-state index in [1.54, 1.807) is 6.92 Å². The van der Waals surface area contributed by atoms with E-state index < -0.39 is 81.0 Å². The zero-order valence-corrected chi connectivity index (χ0v) is 19.2. The van der Waals surface area contributed by atoms with Crippen LogP contribution in [0.4, 0.5) is 22.0 Å². The molecule has 2 bridgehead atoms. The molecule has 1 unspecified atom stereocenters. The van der Waals surface area contributed by atoms with Crippen molar-refractivity contribution < 1.29 is 36.6 Å². The minimum atomic E-state index is -1.25. The van der Waals surface area contributed by atoms with Gasteiger partial charge in [0.1, 0.15) is 23.0 Å². The first-order valence-electron chi connectivity index (χ1n) is 11.1. The fourth-order valence-electron chi connectivity index (χ4n) is 4.93. The molecular formula is C25H18F5N3O4. The Labute approximate surface area is 205 Å². The molecule has 12 heteroatoms. The van der Waals surface area contributed by atoms with Crippen LogP contribution >= 0.6 is 0 Å². The minimum absolute atomic E-state index is 0.0339. The number of nitrogens with zero attached hydrogens (tertiary/aromatic N) is 2. The van der Waals surface area contributed by atoms with Gasteiger partial charge in [0.2, 0.25) is 5.43 Å². The molecular weight excluding hydrogens is 501 g/mol. The van der Waals surface area contributed by atoms with Crippen molar-refractivity contribution in [2.24, 2.45) is 0 Å². The van der Waals surface area contributed by atoms with Crippen molar-refractivity contribution in [2.45, 2.75) is 32.0 Å². The van der Waals surface area contributed by atoms with Gasteiger partial charge in [0.25, 0.3) is 11.8 Å². The number of aromatic hydroxyl groups is 1. The minimum Gasteiger partial charge on any atom is -0.503 e. The van der Waals surface area contributed by atoms with E-state index in [9.17, 15) is 41.4 Å². The third-order valence-corrected chi connectivity index (χ3v) is 6.74. The standard InChI is InChI=1S/C25H18F5N3O4/c1-25-6-11-2-18(29)19(30)3-12(11)8-32(10-25)24(37)20-22(35)21(34)15(9-33(20)25)23(36)31-7-14-16(27)4-13(26)5-17(14)28/h2-5,9,35H,6-8,10H2,1H3,(H,31,36). The van der Waals surface area contributed by atoms with Crippen molar-refractivity contribution in [2.75, 3.05) is 6.54 Å². The van der Waals surface area contributed by atoms with Crippen LogP contribution in [0.5, 0.6) is 5.75 Å². The van der Waals surface area contributed by atoms with Crippen LogP contribution in [-0.2, 0) is 25.0 Å². The number of rotatable bonds is 3. The third kappa shape index (κ3) is 3.92. The molecule has 0 fully saturated rings. The molecule has 2 aromatic carbocycles. The summed E-state index contributed by atoms with van der Waals surface area (Å²) in [6.45, 7) is 0.861. The van der Waals surface area contributed by atoms with Crippen molar-refractivity contribution in [1.82, 2.24) is 14.8 Å². The lowest BCUT2D eigenvalue weighted by atomic mass is 9.89. The van der Waals surface area contributed by atoms with Gasteiger partial charge >= 0.3 is 0 Å². The molecule has 7 nitrogen and oxygen atoms in total. The Balaban J connectivity index is 1.56. The number of fused-ring (bicyclic) bond motifs is 5. The van der Waals surface area contributed by atoms with E-state index in [0.717, 1.165) is 18.3 Å². The Morgan fingerprint density at radius 2 is 1.62 bits per heavy atom. The fourth-order valence-corrected chi connectivity index (χ4v) is 4.93. The van der Waals surface area contributed by atoms with Crippen molar-refractivity contribution in [3.05, 3.63) is 97.7 Å². The van der Waals surface area contributed by atoms with Crippen LogP contribution in [0.15, 0.2) is 35.3 Å². The first-order chi connectivity index (χ1) is 17.4. The van der Waals surface area contributed by atoms with Gasteiger partial charge in [0.15, 0.2) is 23.1 Å². The molecule has 192 valence electrons. The number of benzene rings is 2. The zero-order chi connectivity index (χ0) is 26.8. The smallest absolute Gasteiger partial charge is 0.274 e. The fraction of sp³-hybridized carbons (Fsp3) is 0.240. The van der Waals surface area contributed by atoms with Crippen LogP contribution < -0.4 is 10.7 Å². The number of aromatic nitrogens is 1. The molecule has 2 N–H and O–H groups in total. The van der Waals surface area contributed by atoms with E-state index in [0.29, 0.717) is 23.3 Å². The lowest BCUT2D eigenvalue weighted by Crippen LogP contribution is -2.53. The SMILES string of the molecule is CC12Cc3cc(F)c(F)cc3CN(C1)C(=O)c1c(O)c(=O)c(C(=O)NCc3c(F)cc(F)cc3F)cn12. The Kier molecular flexibility index (Phi) is 5.57. The number of carbonyl (C=O) groups excluding carboxylic acids is 2. The van der Waals surface area contributed by atoms with Crippen LogP contribution in [0.3, 0.4) is 0 Å². The van der Waals surface area contributed by atoms with Gasteiger partial charge in [-0.2, -0.15) is 0 Å². The first-order valence-corrected chi connectivity index (χ1v) is 11.1. The number of hydrogen-bond acceptors (Lipinski definition) is 4. The largest absolute Gasteiger partial charge is 0.503 e. The van der Waals surface area contributed by atoms with E-state index in [2.05, 4.69) is 5.32 Å². The summed E-state index contributed by atoms with van der Waals surface area (Å²) in [5.74, 6) is -8.70. The number of hydrogen-bond donors (Lipinski definition) is 2. The van der Waals surface area contributed by atoms with Gasteiger partial charge in [-0.25, -0.2) is 22.0 Å². The summed E-state index contributed by atoms with van der Waals surface area (Å²) >= 11 is 0. The highest BCUT2D eigenvalue weighted by Crippen LogP contribution is 2.38. The number of amides is 2. The van der Waals surface area contributed by atoms with Crippen LogP contribution in [-0.4, -0.2) is 32.9 Å². The molecule has 1 aromatic heterocycles. The third-order valence-electron chi connectivity index (χ3n) is 6.74. The average Bonchev–Trinajstić information content (AvgIpc) is 2.93. The maximum atomic E-state index is 14.0. The summed E-state index contributed by atoms with van der Waals surface area (Å²) in [6.07, 6.45) is 1.11. The van der Waals surface area contributed by atoms with Gasteiger partial charge in [-0.1, -0.05) is 0 Å². The lowest BCUT2D eigenvalue weighted by Gasteiger charge is -2.42. The summed E-state index contributed by atoms with van der Waals surface area (Å²) in [4.78, 5) is 40.1. The van der Waals surface area contributed by atoms with Gasteiger partial charge in [0, 0.05) is 43.5 Å². The lowest BCUT2D eigenvalue weighted by molar-refractivity contribution is 0.0561. The van der Waals surface area contributed by atoms with E-state index in [-0.39, 0.29) is 19.5 Å². The summed E-state index contributed by atoms with van der Waals surface area (Å²) < 4.78 is 70.2. The average molecular weight is 519 g/mol. The predicted octanol–water partition coefficient (Wildman–Crippen LogP) is 3.11.